The molecule has 0 amide bonds. The van der Waals surface area contributed by atoms with Crippen LogP contribution < -0.4 is 5.32 Å². The third-order valence-corrected chi connectivity index (χ3v) is 3.10. The van der Waals surface area contributed by atoms with Crippen molar-refractivity contribution in [1.29, 1.82) is 0 Å². The summed E-state index contributed by atoms with van der Waals surface area (Å²) in [5, 5.41) is 3.44. The molecule has 1 fully saturated rings. The number of aromatic nitrogens is 2. The summed E-state index contributed by atoms with van der Waals surface area (Å²) in [5.41, 5.74) is 0. The molecule has 1 heterocycles. The van der Waals surface area contributed by atoms with Gasteiger partial charge in [-0.15, -0.1) is 0 Å². The first-order chi connectivity index (χ1) is 7.94. The Morgan fingerprint density at radius 1 is 1.18 bits per heavy atom. The van der Waals surface area contributed by atoms with Gasteiger partial charge in [0.15, 0.2) is 0 Å². The van der Waals surface area contributed by atoms with Crippen LogP contribution in [0.3, 0.4) is 0 Å². The second-order valence-corrected chi connectivity index (χ2v) is 4.89. The van der Waals surface area contributed by atoms with Crippen LogP contribution in [0.5, 0.6) is 0 Å². The number of alkyl halides is 2. The highest BCUT2D eigenvalue weighted by atomic mass is 35.5. The molecule has 1 aromatic rings. The van der Waals surface area contributed by atoms with Crippen LogP contribution in [0.25, 0.3) is 0 Å². The van der Waals surface area contributed by atoms with E-state index in [2.05, 4.69) is 15.3 Å². The van der Waals surface area contributed by atoms with Gasteiger partial charge in [0.05, 0.1) is 0 Å². The molecular formula is C10H11Cl2F2N3. The lowest BCUT2D eigenvalue weighted by atomic mass is 9.92. The Morgan fingerprint density at radius 2 is 1.71 bits per heavy atom. The molecular weight excluding hydrogens is 271 g/mol. The Kier molecular flexibility index (Phi) is 3.68. The normalized spacial score (nSPS) is 20.2. The summed E-state index contributed by atoms with van der Waals surface area (Å²) >= 11 is 11.4. The van der Waals surface area contributed by atoms with Crippen molar-refractivity contribution in [3.05, 3.63) is 16.4 Å². The van der Waals surface area contributed by atoms with Crippen molar-refractivity contribution in [2.24, 2.45) is 0 Å². The number of anilines is 1. The lowest BCUT2D eigenvalue weighted by Crippen LogP contribution is -2.32. The van der Waals surface area contributed by atoms with E-state index in [9.17, 15) is 8.78 Å². The monoisotopic (exact) mass is 281 g/mol. The molecule has 0 unspecified atom stereocenters. The van der Waals surface area contributed by atoms with Crippen molar-refractivity contribution >= 4 is 29.2 Å². The van der Waals surface area contributed by atoms with E-state index < -0.39 is 5.92 Å². The standard InChI is InChI=1S/C10H11Cl2F2N3/c11-7-5-8(12)17-9(16-7)15-6-1-3-10(13,14)4-2-6/h5-6H,1-4H2,(H,15,16,17). The molecule has 0 saturated heterocycles. The summed E-state index contributed by atoms with van der Waals surface area (Å²) in [6.45, 7) is 0. The number of hydrogen-bond acceptors (Lipinski definition) is 3. The molecule has 0 radical (unpaired) electrons. The molecule has 1 aromatic heterocycles. The lowest BCUT2D eigenvalue weighted by Gasteiger charge is -2.28. The maximum Gasteiger partial charge on any atom is 0.248 e. The molecule has 17 heavy (non-hydrogen) atoms. The Bertz CT molecular complexity index is 384. The molecule has 3 nitrogen and oxygen atoms in total. The van der Waals surface area contributed by atoms with E-state index >= 15 is 0 Å². The maximum atomic E-state index is 12.9. The third kappa shape index (κ3) is 3.64. The van der Waals surface area contributed by atoms with Gasteiger partial charge in [-0.3, -0.25) is 0 Å². The van der Waals surface area contributed by atoms with Gasteiger partial charge in [0.25, 0.3) is 0 Å². The zero-order chi connectivity index (χ0) is 12.5. The average molecular weight is 282 g/mol. The number of nitrogens with one attached hydrogen (secondary N) is 1. The van der Waals surface area contributed by atoms with Gasteiger partial charge in [0.2, 0.25) is 11.9 Å². The minimum Gasteiger partial charge on any atom is -0.351 e. The van der Waals surface area contributed by atoms with Gasteiger partial charge in [0, 0.05) is 24.9 Å². The van der Waals surface area contributed by atoms with Crippen molar-refractivity contribution in [1.82, 2.24) is 9.97 Å². The van der Waals surface area contributed by atoms with Crippen LogP contribution in [-0.4, -0.2) is 21.9 Å². The van der Waals surface area contributed by atoms with Crippen LogP contribution in [-0.2, 0) is 0 Å². The summed E-state index contributed by atoms with van der Waals surface area (Å²) in [7, 11) is 0. The third-order valence-electron chi connectivity index (χ3n) is 2.71. The van der Waals surface area contributed by atoms with Gasteiger partial charge >= 0.3 is 0 Å². The first-order valence-electron chi connectivity index (χ1n) is 5.29. The largest absolute Gasteiger partial charge is 0.351 e. The smallest absolute Gasteiger partial charge is 0.248 e. The van der Waals surface area contributed by atoms with Crippen molar-refractivity contribution in [2.75, 3.05) is 5.32 Å². The highest BCUT2D eigenvalue weighted by Gasteiger charge is 2.35. The number of hydrogen-bond donors (Lipinski definition) is 1. The molecule has 7 heteroatoms. The second-order valence-electron chi connectivity index (χ2n) is 4.11. The van der Waals surface area contributed by atoms with Gasteiger partial charge in [-0.05, 0) is 12.8 Å². The summed E-state index contributed by atoms with van der Waals surface area (Å²) in [6, 6.07) is 1.37. The van der Waals surface area contributed by atoms with Crippen LogP contribution in [0.4, 0.5) is 14.7 Å². The highest BCUT2D eigenvalue weighted by molar-refractivity contribution is 6.33. The fourth-order valence-electron chi connectivity index (χ4n) is 1.82. The molecule has 1 aliphatic carbocycles. The number of rotatable bonds is 2. The summed E-state index contributed by atoms with van der Waals surface area (Å²) in [5.74, 6) is -2.25. The van der Waals surface area contributed by atoms with Gasteiger partial charge in [-0.1, -0.05) is 23.2 Å². The minimum absolute atomic E-state index is 0.0517. The first kappa shape index (κ1) is 12.8. The van der Waals surface area contributed by atoms with E-state index in [-0.39, 0.29) is 35.1 Å². The molecule has 2 rings (SSSR count). The van der Waals surface area contributed by atoms with E-state index in [0.717, 1.165) is 0 Å². The second kappa shape index (κ2) is 4.90. The molecule has 0 spiro atoms. The Labute approximate surface area is 108 Å². The topological polar surface area (TPSA) is 37.8 Å². The van der Waals surface area contributed by atoms with Crippen LogP contribution >= 0.6 is 23.2 Å². The van der Waals surface area contributed by atoms with Gasteiger partial charge < -0.3 is 5.32 Å². The Morgan fingerprint density at radius 3 is 2.24 bits per heavy atom. The van der Waals surface area contributed by atoms with Gasteiger partial charge in [0.1, 0.15) is 10.3 Å². The molecule has 0 aliphatic heterocycles. The maximum absolute atomic E-state index is 12.9. The Balaban J connectivity index is 1.97. The van der Waals surface area contributed by atoms with Crippen LogP contribution in [0, 0.1) is 0 Å². The SMILES string of the molecule is FC1(F)CCC(Nc2nc(Cl)cc(Cl)n2)CC1. The average Bonchev–Trinajstić information content (AvgIpc) is 2.20. The number of nitrogens with zero attached hydrogens (tertiary/aromatic N) is 2. The van der Waals surface area contributed by atoms with Crippen molar-refractivity contribution < 1.29 is 8.78 Å². The lowest BCUT2D eigenvalue weighted by molar-refractivity contribution is -0.0361. The van der Waals surface area contributed by atoms with E-state index in [1.165, 1.54) is 6.07 Å². The zero-order valence-corrected chi connectivity index (χ0v) is 10.4. The first-order valence-corrected chi connectivity index (χ1v) is 6.05. The van der Waals surface area contributed by atoms with Crippen molar-refractivity contribution in [3.8, 4) is 0 Å². The highest BCUT2D eigenvalue weighted by Crippen LogP contribution is 2.34. The van der Waals surface area contributed by atoms with E-state index in [0.29, 0.717) is 12.8 Å². The van der Waals surface area contributed by atoms with Gasteiger partial charge in [-0.25, -0.2) is 18.7 Å². The fourth-order valence-corrected chi connectivity index (χ4v) is 2.24. The summed E-state index contributed by atoms with van der Waals surface area (Å²) in [4.78, 5) is 7.87. The van der Waals surface area contributed by atoms with E-state index in [1.54, 1.807) is 0 Å². The van der Waals surface area contributed by atoms with E-state index in [1.807, 2.05) is 0 Å². The van der Waals surface area contributed by atoms with Crippen LogP contribution in [0.2, 0.25) is 10.3 Å². The summed E-state index contributed by atoms with van der Waals surface area (Å²) in [6.07, 6.45) is 0.554. The molecule has 94 valence electrons. The molecule has 0 aromatic carbocycles. The number of halogens is 4. The van der Waals surface area contributed by atoms with E-state index in [4.69, 9.17) is 23.2 Å². The molecule has 0 atom stereocenters. The predicted octanol–water partition coefficient (Wildman–Crippen LogP) is 3.77. The zero-order valence-electron chi connectivity index (χ0n) is 8.89. The summed E-state index contributed by atoms with van der Waals surface area (Å²) < 4.78 is 25.9. The van der Waals surface area contributed by atoms with Gasteiger partial charge in [-0.2, -0.15) is 0 Å². The van der Waals surface area contributed by atoms with Crippen LogP contribution in [0.15, 0.2) is 6.07 Å². The molecule has 1 aliphatic rings. The molecule has 1 N–H and O–H groups in total. The quantitative estimate of drug-likeness (QED) is 0.839. The van der Waals surface area contributed by atoms with Crippen LogP contribution in [0.1, 0.15) is 25.7 Å². The molecule has 0 bridgehead atoms. The Hall–Kier alpha value is -0.680. The van der Waals surface area contributed by atoms with Crippen molar-refractivity contribution in [3.63, 3.8) is 0 Å². The van der Waals surface area contributed by atoms with Crippen molar-refractivity contribution in [2.45, 2.75) is 37.6 Å². The predicted molar refractivity (Wildman–Crippen MR) is 62.9 cm³/mol. The molecule has 1 saturated carbocycles. The fraction of sp³-hybridized carbons (Fsp3) is 0.600. The minimum atomic E-state index is -2.54.